The summed E-state index contributed by atoms with van der Waals surface area (Å²) in [7, 11) is 1.48. The summed E-state index contributed by atoms with van der Waals surface area (Å²) in [5.41, 5.74) is 0. The smallest absolute Gasteiger partial charge is 0.229 e. The minimum absolute atomic E-state index is 0.102. The van der Waals surface area contributed by atoms with Crippen molar-refractivity contribution in [3.8, 4) is 0 Å². The molecular weight excluding hydrogens is 184 g/mol. The lowest BCUT2D eigenvalue weighted by molar-refractivity contribution is -0.129. The van der Waals surface area contributed by atoms with Crippen LogP contribution in [0, 0.1) is 0 Å². The van der Waals surface area contributed by atoms with Crippen LogP contribution >= 0.6 is 0 Å². The van der Waals surface area contributed by atoms with Crippen molar-refractivity contribution < 1.29 is 14.4 Å². The van der Waals surface area contributed by atoms with Crippen LogP contribution in [0.25, 0.3) is 0 Å². The summed E-state index contributed by atoms with van der Waals surface area (Å²) < 4.78 is 0. The van der Waals surface area contributed by atoms with Crippen LogP contribution in [0.4, 0.5) is 0 Å². The zero-order chi connectivity index (χ0) is 11.0. The Morgan fingerprint density at radius 3 is 2.29 bits per heavy atom. The molecule has 5 heteroatoms. The predicted molar refractivity (Wildman–Crippen MR) is 51.6 cm³/mol. The topological polar surface area (TPSA) is 75.3 Å². The third kappa shape index (κ3) is 7.27. The van der Waals surface area contributed by atoms with Crippen molar-refractivity contribution in [2.75, 3.05) is 13.6 Å². The van der Waals surface area contributed by atoms with Gasteiger partial charge in [0, 0.05) is 20.0 Å². The number of ketones is 1. The molecule has 0 aromatic carbocycles. The van der Waals surface area contributed by atoms with Crippen molar-refractivity contribution in [2.45, 2.75) is 26.2 Å². The highest BCUT2D eigenvalue weighted by Crippen LogP contribution is 1.88. The maximum atomic E-state index is 11.0. The van der Waals surface area contributed by atoms with Crippen molar-refractivity contribution in [2.24, 2.45) is 0 Å². The molecule has 0 aromatic heterocycles. The number of rotatable bonds is 6. The molecular formula is C9H16N2O3. The van der Waals surface area contributed by atoms with E-state index in [9.17, 15) is 14.4 Å². The molecule has 0 aliphatic rings. The van der Waals surface area contributed by atoms with Gasteiger partial charge in [0.25, 0.3) is 0 Å². The van der Waals surface area contributed by atoms with Gasteiger partial charge in [0.15, 0.2) is 0 Å². The average molecular weight is 200 g/mol. The van der Waals surface area contributed by atoms with E-state index in [0.29, 0.717) is 19.4 Å². The largest absolute Gasteiger partial charge is 0.359 e. The lowest BCUT2D eigenvalue weighted by Crippen LogP contribution is -2.30. The van der Waals surface area contributed by atoms with Gasteiger partial charge in [-0.15, -0.1) is 0 Å². The number of hydrogen-bond donors (Lipinski definition) is 2. The molecule has 0 fully saturated rings. The Kier molecular flexibility index (Phi) is 6.36. The molecule has 0 aliphatic carbocycles. The number of amides is 2. The van der Waals surface area contributed by atoms with E-state index in [1.54, 1.807) is 0 Å². The standard InChI is InChI=1S/C9H16N2O3/c1-7(12)4-3-5-11-9(14)6-8(13)10-2/h3-6H2,1-2H3,(H,10,13)(H,11,14). The number of hydrogen-bond acceptors (Lipinski definition) is 3. The van der Waals surface area contributed by atoms with Crippen LogP contribution in [0.3, 0.4) is 0 Å². The quantitative estimate of drug-likeness (QED) is 0.453. The molecule has 80 valence electrons. The highest BCUT2D eigenvalue weighted by Gasteiger charge is 2.06. The second-order valence-corrected chi connectivity index (χ2v) is 3.01. The minimum atomic E-state index is -0.312. The van der Waals surface area contributed by atoms with Crippen LogP contribution < -0.4 is 10.6 Å². The predicted octanol–water partition coefficient (Wildman–Crippen LogP) is -0.392. The zero-order valence-electron chi connectivity index (χ0n) is 8.55. The monoisotopic (exact) mass is 200 g/mol. The summed E-state index contributed by atoms with van der Waals surface area (Å²) in [6.45, 7) is 1.95. The summed E-state index contributed by atoms with van der Waals surface area (Å²) in [5.74, 6) is -0.521. The normalized spacial score (nSPS) is 9.29. The maximum Gasteiger partial charge on any atom is 0.229 e. The second-order valence-electron chi connectivity index (χ2n) is 3.01. The summed E-state index contributed by atoms with van der Waals surface area (Å²) >= 11 is 0. The molecule has 0 radical (unpaired) electrons. The Bertz CT molecular complexity index is 226. The van der Waals surface area contributed by atoms with Gasteiger partial charge < -0.3 is 15.4 Å². The van der Waals surface area contributed by atoms with Gasteiger partial charge in [-0.3, -0.25) is 9.59 Å². The van der Waals surface area contributed by atoms with Gasteiger partial charge in [-0.2, -0.15) is 0 Å². The van der Waals surface area contributed by atoms with E-state index in [1.165, 1.54) is 14.0 Å². The van der Waals surface area contributed by atoms with Crippen LogP contribution in [0.2, 0.25) is 0 Å². The van der Waals surface area contributed by atoms with Crippen molar-refractivity contribution in [3.05, 3.63) is 0 Å². The molecule has 0 aromatic rings. The van der Waals surface area contributed by atoms with E-state index in [1.807, 2.05) is 0 Å². The summed E-state index contributed by atoms with van der Waals surface area (Å²) in [6.07, 6.45) is 0.922. The van der Waals surface area contributed by atoms with E-state index >= 15 is 0 Å². The van der Waals surface area contributed by atoms with Crippen LogP contribution in [0.5, 0.6) is 0 Å². The van der Waals surface area contributed by atoms with Gasteiger partial charge >= 0.3 is 0 Å². The fourth-order valence-corrected chi connectivity index (χ4v) is 0.862. The number of carbonyl (C=O) groups is 3. The molecule has 0 saturated carbocycles. The molecule has 0 spiro atoms. The second kappa shape index (κ2) is 7.06. The lowest BCUT2D eigenvalue weighted by atomic mass is 10.2. The lowest BCUT2D eigenvalue weighted by Gasteiger charge is -2.03. The van der Waals surface area contributed by atoms with Gasteiger partial charge in [0.05, 0.1) is 0 Å². The highest BCUT2D eigenvalue weighted by molar-refractivity contribution is 5.96. The van der Waals surface area contributed by atoms with E-state index in [0.717, 1.165) is 0 Å². The van der Waals surface area contributed by atoms with E-state index in [2.05, 4.69) is 10.6 Å². The van der Waals surface area contributed by atoms with Crippen molar-refractivity contribution >= 4 is 17.6 Å². The van der Waals surface area contributed by atoms with E-state index in [4.69, 9.17) is 0 Å². The zero-order valence-corrected chi connectivity index (χ0v) is 8.55. The molecule has 2 N–H and O–H groups in total. The van der Waals surface area contributed by atoms with Crippen LogP contribution in [-0.4, -0.2) is 31.2 Å². The van der Waals surface area contributed by atoms with Crippen molar-refractivity contribution in [1.29, 1.82) is 0 Å². The molecule has 0 saturated heterocycles. The van der Waals surface area contributed by atoms with Crippen molar-refractivity contribution in [1.82, 2.24) is 10.6 Å². The van der Waals surface area contributed by atoms with Crippen LogP contribution in [0.1, 0.15) is 26.2 Å². The van der Waals surface area contributed by atoms with E-state index < -0.39 is 0 Å². The maximum absolute atomic E-state index is 11.0. The average Bonchev–Trinajstić information content (AvgIpc) is 2.12. The fraction of sp³-hybridized carbons (Fsp3) is 0.667. The molecule has 0 aliphatic heterocycles. The first-order valence-corrected chi connectivity index (χ1v) is 4.53. The number of Topliss-reactive ketones (excluding diaryl/α,β-unsaturated/α-hetero) is 1. The van der Waals surface area contributed by atoms with Gasteiger partial charge in [0.1, 0.15) is 12.2 Å². The number of carbonyl (C=O) groups excluding carboxylic acids is 3. The van der Waals surface area contributed by atoms with Crippen molar-refractivity contribution in [3.63, 3.8) is 0 Å². The Hall–Kier alpha value is -1.39. The van der Waals surface area contributed by atoms with Gasteiger partial charge in [-0.1, -0.05) is 0 Å². The molecule has 0 rings (SSSR count). The first-order valence-electron chi connectivity index (χ1n) is 4.53. The summed E-state index contributed by atoms with van der Waals surface area (Å²) in [4.78, 5) is 32.3. The molecule has 0 atom stereocenters. The van der Waals surface area contributed by atoms with Gasteiger partial charge in [0.2, 0.25) is 11.8 Å². The third-order valence-electron chi connectivity index (χ3n) is 1.63. The van der Waals surface area contributed by atoms with Gasteiger partial charge in [-0.05, 0) is 13.3 Å². The van der Waals surface area contributed by atoms with Crippen LogP contribution in [-0.2, 0) is 14.4 Å². The van der Waals surface area contributed by atoms with E-state index in [-0.39, 0.29) is 24.0 Å². The first-order chi connectivity index (χ1) is 6.56. The first kappa shape index (κ1) is 12.6. The highest BCUT2D eigenvalue weighted by atomic mass is 16.2. The Labute approximate surface area is 83.2 Å². The van der Waals surface area contributed by atoms with Crippen LogP contribution in [0.15, 0.2) is 0 Å². The minimum Gasteiger partial charge on any atom is -0.359 e. The summed E-state index contributed by atoms with van der Waals surface area (Å²) in [5, 5.41) is 4.90. The Morgan fingerprint density at radius 1 is 1.14 bits per heavy atom. The molecule has 5 nitrogen and oxygen atoms in total. The summed E-state index contributed by atoms with van der Waals surface area (Å²) in [6, 6.07) is 0. The molecule has 14 heavy (non-hydrogen) atoms. The third-order valence-corrected chi connectivity index (χ3v) is 1.63. The molecule has 2 amide bonds. The van der Waals surface area contributed by atoms with Gasteiger partial charge in [-0.25, -0.2) is 0 Å². The Morgan fingerprint density at radius 2 is 1.79 bits per heavy atom. The molecule has 0 bridgehead atoms. The Balaban J connectivity index is 3.45. The molecule has 0 unspecified atom stereocenters. The number of nitrogens with one attached hydrogen (secondary N) is 2. The SMILES string of the molecule is CNC(=O)CC(=O)NCCCC(C)=O. The fourth-order valence-electron chi connectivity index (χ4n) is 0.862. The molecule has 0 heterocycles.